The molecule has 0 aromatic heterocycles. The standard InChI is InChI=1S/C38H49N3O5S2/c1-37(2)30-16-8-9-17-33(30)41(24-13-25-48(44,45)46)35(37)19-11-15-29(47-7)14-10-18-34-38(3,4)31-26-28(21-22-32(31)40(34)6)27-39(5)23-12-20-36(42)43/h8-11,14-19,21-22,26H,12-13,20,23-25,27H2,1-7H3,(H-,42,43,44,45,46). The fourth-order valence-corrected chi connectivity index (χ4v) is 7.73. The number of fused-ring (bicyclic) bond motifs is 2. The van der Waals surface area contributed by atoms with Crippen LogP contribution in [0.2, 0.25) is 0 Å². The molecule has 1 N–H and O–H groups in total. The monoisotopic (exact) mass is 691 g/mol. The van der Waals surface area contributed by atoms with E-state index in [2.05, 4.69) is 110 Å². The van der Waals surface area contributed by atoms with Gasteiger partial charge in [-0.05, 0) is 88.0 Å². The molecule has 4 rings (SSSR count). The number of carboxylic acid groups (broad SMARTS) is 1. The van der Waals surface area contributed by atoms with Gasteiger partial charge in [-0.1, -0.05) is 50.3 Å². The van der Waals surface area contributed by atoms with Gasteiger partial charge >= 0.3 is 5.97 Å². The zero-order valence-electron chi connectivity index (χ0n) is 29.2. The first kappa shape index (κ1) is 37.4. The average Bonchev–Trinajstić information content (AvgIpc) is 3.33. The maximum atomic E-state index is 11.3. The summed E-state index contributed by atoms with van der Waals surface area (Å²) in [6, 6.07) is 14.8. The van der Waals surface area contributed by atoms with Crippen LogP contribution in [0.25, 0.3) is 0 Å². The summed E-state index contributed by atoms with van der Waals surface area (Å²) in [5, 5.41) is 8.95. The largest absolute Gasteiger partial charge is 0.748 e. The number of hydrogen-bond acceptors (Lipinski definition) is 7. The second kappa shape index (κ2) is 15.4. The number of thioether (sulfide) groups is 1. The van der Waals surface area contributed by atoms with E-state index in [0.29, 0.717) is 13.0 Å². The lowest BCUT2D eigenvalue weighted by Crippen LogP contribution is -2.28. The van der Waals surface area contributed by atoms with Crippen molar-refractivity contribution in [2.45, 2.75) is 64.3 Å². The van der Waals surface area contributed by atoms with Crippen molar-refractivity contribution < 1.29 is 27.4 Å². The zero-order chi connectivity index (χ0) is 35.3. The van der Waals surface area contributed by atoms with E-state index >= 15 is 0 Å². The third-order valence-corrected chi connectivity index (χ3v) is 10.9. The minimum atomic E-state index is -4.27. The molecule has 0 saturated heterocycles. The normalized spacial score (nSPS) is 18.1. The fourth-order valence-electron chi connectivity index (χ4n) is 6.81. The molecule has 0 bridgehead atoms. The van der Waals surface area contributed by atoms with Crippen molar-refractivity contribution in [1.29, 1.82) is 0 Å². The van der Waals surface area contributed by atoms with Crippen molar-refractivity contribution >= 4 is 44.9 Å². The van der Waals surface area contributed by atoms with E-state index in [9.17, 15) is 17.8 Å². The molecule has 258 valence electrons. The quantitative estimate of drug-likeness (QED) is 0.121. The van der Waals surface area contributed by atoms with Gasteiger partial charge in [0.05, 0.1) is 15.5 Å². The number of rotatable bonds is 15. The first-order valence-corrected chi connectivity index (χ1v) is 19.1. The van der Waals surface area contributed by atoms with Crippen LogP contribution in [0.15, 0.2) is 89.5 Å². The average molecular weight is 692 g/mol. The molecule has 0 atom stereocenters. The summed E-state index contributed by atoms with van der Waals surface area (Å²) in [7, 11) is -0.135. The van der Waals surface area contributed by atoms with Gasteiger partial charge < -0.3 is 19.5 Å². The number of aliphatic carboxylic acids is 1. The van der Waals surface area contributed by atoms with Crippen LogP contribution in [0, 0.1) is 0 Å². The molecule has 0 amide bonds. The van der Waals surface area contributed by atoms with Crippen molar-refractivity contribution in [2.75, 3.05) is 44.1 Å². The van der Waals surface area contributed by atoms with Gasteiger partial charge in [-0.2, -0.15) is 4.58 Å². The Morgan fingerprint density at radius 1 is 1.06 bits per heavy atom. The number of carboxylic acids is 1. The molecule has 0 spiro atoms. The number of allylic oxidation sites excluding steroid dienone is 7. The summed E-state index contributed by atoms with van der Waals surface area (Å²) in [5.41, 5.74) is 7.70. The zero-order valence-corrected chi connectivity index (χ0v) is 30.8. The lowest BCUT2D eigenvalue weighted by molar-refractivity contribution is -0.401. The summed E-state index contributed by atoms with van der Waals surface area (Å²) in [6.45, 7) is 10.8. The summed E-state index contributed by atoms with van der Waals surface area (Å²) in [6.07, 6.45) is 15.8. The van der Waals surface area contributed by atoms with Crippen LogP contribution in [-0.2, 0) is 32.3 Å². The number of para-hydroxylation sites is 1. The van der Waals surface area contributed by atoms with Crippen molar-refractivity contribution in [3.63, 3.8) is 0 Å². The second-order valence-electron chi connectivity index (χ2n) is 13.6. The molecule has 2 aromatic rings. The third kappa shape index (κ3) is 8.77. The van der Waals surface area contributed by atoms with E-state index in [4.69, 9.17) is 5.11 Å². The van der Waals surface area contributed by atoms with Crippen LogP contribution >= 0.6 is 11.8 Å². The molecule has 48 heavy (non-hydrogen) atoms. The van der Waals surface area contributed by atoms with Crippen molar-refractivity contribution in [2.24, 2.45) is 0 Å². The summed E-state index contributed by atoms with van der Waals surface area (Å²) >= 11 is 1.66. The molecular formula is C38H49N3O5S2. The predicted molar refractivity (Wildman–Crippen MR) is 197 cm³/mol. The summed E-state index contributed by atoms with van der Waals surface area (Å²) in [5.74, 6) is -1.14. The molecule has 2 aliphatic rings. The molecule has 8 nitrogen and oxygen atoms in total. The Kier molecular flexibility index (Phi) is 12.0. The minimum absolute atomic E-state index is 0.184. The Hall–Kier alpha value is -3.44. The fraction of sp³-hybridized carbons (Fsp3) is 0.421. The van der Waals surface area contributed by atoms with Gasteiger partial charge in [-0.3, -0.25) is 4.79 Å². The van der Waals surface area contributed by atoms with Crippen molar-refractivity contribution in [3.8, 4) is 0 Å². The van der Waals surface area contributed by atoms with Crippen LogP contribution in [-0.4, -0.2) is 78.4 Å². The highest BCUT2D eigenvalue weighted by molar-refractivity contribution is 8.02. The number of carbonyl (C=O) groups is 1. The van der Waals surface area contributed by atoms with Crippen LogP contribution in [0.3, 0.4) is 0 Å². The first-order chi connectivity index (χ1) is 22.6. The van der Waals surface area contributed by atoms with Gasteiger partial charge in [0.15, 0.2) is 5.71 Å². The molecule has 2 aromatic carbocycles. The highest BCUT2D eigenvalue weighted by atomic mass is 32.2. The maximum absolute atomic E-state index is 11.3. The molecule has 10 heteroatoms. The highest BCUT2D eigenvalue weighted by Gasteiger charge is 2.43. The number of anilines is 1. The maximum Gasteiger partial charge on any atom is 0.303 e. The summed E-state index contributed by atoms with van der Waals surface area (Å²) < 4.78 is 36.1. The SMILES string of the molecule is CSC(=C\C=C\C1=[N+](C)c2ccc(CN(C)CCCC(=O)O)cc2C1(C)C)/C=C/C=C1/N(CCCS(=O)(=O)[O-])c2ccccc2C1(C)C. The van der Waals surface area contributed by atoms with Gasteiger partial charge in [-0.15, -0.1) is 11.8 Å². The van der Waals surface area contributed by atoms with E-state index in [1.807, 2.05) is 31.3 Å². The Labute approximate surface area is 291 Å². The smallest absolute Gasteiger partial charge is 0.303 e. The van der Waals surface area contributed by atoms with E-state index < -0.39 is 16.1 Å². The van der Waals surface area contributed by atoms with E-state index in [-0.39, 0.29) is 29.4 Å². The van der Waals surface area contributed by atoms with Gasteiger partial charge in [0.2, 0.25) is 5.69 Å². The van der Waals surface area contributed by atoms with Gasteiger partial charge in [0.25, 0.3) is 0 Å². The molecule has 0 aliphatic carbocycles. The van der Waals surface area contributed by atoms with Gasteiger partial charge in [0.1, 0.15) is 7.05 Å². The lowest BCUT2D eigenvalue weighted by atomic mass is 9.80. The van der Waals surface area contributed by atoms with Crippen LogP contribution in [0.5, 0.6) is 0 Å². The molecular weight excluding hydrogens is 643 g/mol. The Morgan fingerprint density at radius 3 is 2.48 bits per heavy atom. The highest BCUT2D eigenvalue weighted by Crippen LogP contribution is 2.47. The molecule has 0 saturated carbocycles. The molecule has 0 radical (unpaired) electrons. The molecule has 2 heterocycles. The first-order valence-electron chi connectivity index (χ1n) is 16.3. The number of benzene rings is 2. The minimum Gasteiger partial charge on any atom is -0.748 e. The Balaban J connectivity index is 1.50. The van der Waals surface area contributed by atoms with Crippen molar-refractivity contribution in [3.05, 3.63) is 106 Å². The van der Waals surface area contributed by atoms with Crippen LogP contribution in [0.1, 0.15) is 63.6 Å². The van der Waals surface area contributed by atoms with E-state index in [1.54, 1.807) is 11.8 Å². The van der Waals surface area contributed by atoms with Gasteiger partial charge in [0, 0.05) is 64.7 Å². The second-order valence-corrected chi connectivity index (χ2v) is 16.0. The predicted octanol–water partition coefficient (Wildman–Crippen LogP) is 6.97. The number of hydrogen-bond donors (Lipinski definition) is 1. The van der Waals surface area contributed by atoms with Gasteiger partial charge in [-0.25, -0.2) is 8.42 Å². The number of nitrogens with zero attached hydrogens (tertiary/aromatic N) is 3. The molecule has 0 unspecified atom stereocenters. The molecule has 0 fully saturated rings. The van der Waals surface area contributed by atoms with Crippen LogP contribution in [0.4, 0.5) is 11.4 Å². The van der Waals surface area contributed by atoms with E-state index in [1.165, 1.54) is 28.1 Å². The lowest BCUT2D eigenvalue weighted by Gasteiger charge is -2.27. The van der Waals surface area contributed by atoms with Crippen LogP contribution < -0.4 is 4.90 Å². The van der Waals surface area contributed by atoms with Crippen molar-refractivity contribution in [1.82, 2.24) is 4.90 Å². The third-order valence-electron chi connectivity index (χ3n) is 9.32. The topological polar surface area (TPSA) is 104 Å². The molecule has 2 aliphatic heterocycles. The Bertz CT molecular complexity index is 1780. The Morgan fingerprint density at radius 2 is 1.79 bits per heavy atom. The summed E-state index contributed by atoms with van der Waals surface area (Å²) in [4.78, 5) is 16.3. The van der Waals surface area contributed by atoms with E-state index in [0.717, 1.165) is 29.4 Å².